The highest BCUT2D eigenvalue weighted by Crippen LogP contribution is 2.33. The fourth-order valence-corrected chi connectivity index (χ4v) is 5.45. The smallest absolute Gasteiger partial charge is 0.264 e. The second-order valence-corrected chi connectivity index (χ2v) is 11.2. The molecule has 8 heteroatoms. The molecule has 0 fully saturated rings. The maximum absolute atomic E-state index is 13.6. The van der Waals surface area contributed by atoms with E-state index >= 15 is 0 Å². The van der Waals surface area contributed by atoms with Gasteiger partial charge in [0.15, 0.2) is 0 Å². The zero-order valence-electron chi connectivity index (χ0n) is 21.4. The number of sulfonamides is 1. The number of nitrogens with one attached hydrogen (secondary N) is 1. The van der Waals surface area contributed by atoms with Crippen LogP contribution < -0.4 is 14.5 Å². The van der Waals surface area contributed by atoms with Crippen LogP contribution in [0, 0.1) is 6.92 Å². The van der Waals surface area contributed by atoms with Crippen molar-refractivity contribution in [2.24, 2.45) is 5.10 Å². The molecule has 36 heavy (non-hydrogen) atoms. The summed E-state index contributed by atoms with van der Waals surface area (Å²) in [7, 11) is -2.60. The Kier molecular flexibility index (Phi) is 8.53. The predicted octanol–water partition coefficient (Wildman–Crippen LogP) is 5.06. The monoisotopic (exact) mass is 507 g/mol. The number of hydrazone groups is 1. The Bertz CT molecular complexity index is 1320. The third kappa shape index (κ3) is 6.51. The molecule has 0 atom stereocenters. The van der Waals surface area contributed by atoms with E-state index in [1.54, 1.807) is 30.3 Å². The minimum atomic E-state index is -4.06. The second-order valence-electron chi connectivity index (χ2n) is 9.31. The van der Waals surface area contributed by atoms with Crippen LogP contribution >= 0.6 is 0 Å². The van der Waals surface area contributed by atoms with E-state index in [0.29, 0.717) is 12.2 Å². The molecule has 1 amide bonds. The third-order valence-electron chi connectivity index (χ3n) is 5.85. The molecule has 0 aliphatic rings. The van der Waals surface area contributed by atoms with Crippen LogP contribution in [0.4, 0.5) is 5.69 Å². The van der Waals surface area contributed by atoms with Crippen molar-refractivity contribution < 1.29 is 17.9 Å². The maximum atomic E-state index is 13.6. The van der Waals surface area contributed by atoms with Crippen molar-refractivity contribution in [3.05, 3.63) is 90.0 Å². The molecular weight excluding hydrogens is 474 g/mol. The average Bonchev–Trinajstić information content (AvgIpc) is 2.86. The lowest BCUT2D eigenvalue weighted by atomic mass is 9.80. The molecule has 7 nitrogen and oxygen atoms in total. The van der Waals surface area contributed by atoms with Gasteiger partial charge in [0.1, 0.15) is 12.3 Å². The van der Waals surface area contributed by atoms with Crippen LogP contribution in [0.3, 0.4) is 0 Å². The first kappa shape index (κ1) is 26.9. The molecule has 0 saturated carbocycles. The van der Waals surface area contributed by atoms with Gasteiger partial charge >= 0.3 is 0 Å². The van der Waals surface area contributed by atoms with Crippen LogP contribution in [0.15, 0.2) is 88.9 Å². The lowest BCUT2D eigenvalue weighted by Crippen LogP contribution is -2.40. The van der Waals surface area contributed by atoms with E-state index in [9.17, 15) is 13.2 Å². The van der Waals surface area contributed by atoms with Crippen molar-refractivity contribution in [1.29, 1.82) is 0 Å². The Hall–Kier alpha value is -3.65. The molecule has 190 valence electrons. The number of amides is 1. The molecule has 3 aromatic rings. The summed E-state index contributed by atoms with van der Waals surface area (Å²) >= 11 is 0. The summed E-state index contributed by atoms with van der Waals surface area (Å²) in [5.74, 6) is -0.216. The van der Waals surface area contributed by atoms with E-state index in [2.05, 4.69) is 36.5 Å². The van der Waals surface area contributed by atoms with Crippen molar-refractivity contribution in [2.45, 2.75) is 44.4 Å². The fourth-order valence-electron chi connectivity index (χ4n) is 4.01. The lowest BCUT2D eigenvalue weighted by molar-refractivity contribution is -0.119. The van der Waals surface area contributed by atoms with Crippen LogP contribution in [0.1, 0.15) is 38.3 Å². The van der Waals surface area contributed by atoms with Gasteiger partial charge in [0.2, 0.25) is 0 Å². The Balaban J connectivity index is 1.85. The first-order valence-electron chi connectivity index (χ1n) is 11.6. The van der Waals surface area contributed by atoms with Gasteiger partial charge in [-0.05, 0) is 61.1 Å². The van der Waals surface area contributed by atoms with Gasteiger partial charge in [0, 0.05) is 5.71 Å². The zero-order valence-corrected chi connectivity index (χ0v) is 22.2. The Morgan fingerprint density at radius 1 is 1.00 bits per heavy atom. The van der Waals surface area contributed by atoms with Crippen LogP contribution in [-0.4, -0.2) is 33.7 Å². The predicted molar refractivity (Wildman–Crippen MR) is 144 cm³/mol. The maximum Gasteiger partial charge on any atom is 0.264 e. The Labute approximate surface area is 213 Å². The summed E-state index contributed by atoms with van der Waals surface area (Å²) in [6, 6.07) is 23.3. The molecule has 1 N–H and O–H groups in total. The number of hydrogen-bond donors (Lipinski definition) is 1. The molecule has 3 aromatic carbocycles. The molecular formula is C28H33N3O4S. The molecule has 3 rings (SSSR count). The number of rotatable bonds is 10. The number of anilines is 1. The van der Waals surface area contributed by atoms with E-state index in [4.69, 9.17) is 4.74 Å². The van der Waals surface area contributed by atoms with Gasteiger partial charge in [-0.25, -0.2) is 13.8 Å². The highest BCUT2D eigenvalue weighted by atomic mass is 32.2. The topological polar surface area (TPSA) is 88.1 Å². The number of hydrogen-bond acceptors (Lipinski definition) is 5. The summed E-state index contributed by atoms with van der Waals surface area (Å²) in [6.07, 6.45) is 0.620. The summed E-state index contributed by atoms with van der Waals surface area (Å²) < 4.78 is 33.7. The third-order valence-corrected chi connectivity index (χ3v) is 7.62. The highest BCUT2D eigenvalue weighted by molar-refractivity contribution is 7.92. The number of methoxy groups -OCH3 is 1. The molecule has 0 aliphatic heterocycles. The van der Waals surface area contributed by atoms with Gasteiger partial charge in [0.05, 0.1) is 17.7 Å². The summed E-state index contributed by atoms with van der Waals surface area (Å²) in [5.41, 5.74) is 5.35. The number of nitrogens with zero attached hydrogens (tertiary/aromatic N) is 2. The number of benzene rings is 3. The normalized spacial score (nSPS) is 12.2. The van der Waals surface area contributed by atoms with Gasteiger partial charge < -0.3 is 4.74 Å². The number of ether oxygens (including phenoxy) is 1. The summed E-state index contributed by atoms with van der Waals surface area (Å²) in [5, 5.41) is 4.26. The average molecular weight is 508 g/mol. The van der Waals surface area contributed by atoms with Crippen molar-refractivity contribution >= 4 is 27.3 Å². The molecule has 0 bridgehead atoms. The van der Waals surface area contributed by atoms with Gasteiger partial charge in [-0.1, -0.05) is 68.4 Å². The van der Waals surface area contributed by atoms with E-state index in [1.165, 1.54) is 19.2 Å². The lowest BCUT2D eigenvalue weighted by Gasteiger charge is -2.26. The van der Waals surface area contributed by atoms with Crippen molar-refractivity contribution in [3.8, 4) is 5.75 Å². The standard InChI is InChI=1S/C28H33N3O4S/c1-21-16-17-26(35-5)25(18-21)31(36(33,34)24-14-10-7-11-15-24)20-27(32)30-29-22(2)19-28(3,4)23-12-8-6-9-13-23/h6-18H,19-20H2,1-5H3,(H,30,32)/b29-22+. The van der Waals surface area contributed by atoms with E-state index in [0.717, 1.165) is 21.1 Å². The quantitative estimate of drug-likeness (QED) is 0.307. The zero-order chi connectivity index (χ0) is 26.3. The minimum Gasteiger partial charge on any atom is -0.495 e. The number of carbonyl (C=O) groups is 1. The van der Waals surface area contributed by atoms with Crippen molar-refractivity contribution in [3.63, 3.8) is 0 Å². The molecule has 0 aliphatic carbocycles. The van der Waals surface area contributed by atoms with Crippen LogP contribution in [0.2, 0.25) is 0 Å². The molecule has 0 heterocycles. The van der Waals surface area contributed by atoms with Gasteiger partial charge in [-0.15, -0.1) is 0 Å². The first-order valence-corrected chi connectivity index (χ1v) is 13.1. The van der Waals surface area contributed by atoms with Crippen molar-refractivity contribution in [2.75, 3.05) is 18.0 Å². The van der Waals surface area contributed by atoms with Crippen LogP contribution in [0.5, 0.6) is 5.75 Å². The Morgan fingerprint density at radius 3 is 2.22 bits per heavy atom. The molecule has 0 radical (unpaired) electrons. The van der Waals surface area contributed by atoms with Crippen molar-refractivity contribution in [1.82, 2.24) is 5.43 Å². The SMILES string of the molecule is COc1ccc(C)cc1N(CC(=O)N/N=C(\C)CC(C)(C)c1ccccc1)S(=O)(=O)c1ccccc1. The van der Waals surface area contributed by atoms with E-state index in [1.807, 2.05) is 38.1 Å². The highest BCUT2D eigenvalue weighted by Gasteiger charge is 2.29. The summed E-state index contributed by atoms with van der Waals surface area (Å²) in [4.78, 5) is 13.0. The van der Waals surface area contributed by atoms with Gasteiger partial charge in [0.25, 0.3) is 15.9 Å². The van der Waals surface area contributed by atoms with Crippen LogP contribution in [0.25, 0.3) is 0 Å². The Morgan fingerprint density at radius 2 is 1.61 bits per heavy atom. The fraction of sp³-hybridized carbons (Fsp3) is 0.286. The van der Waals surface area contributed by atoms with E-state index < -0.39 is 22.5 Å². The molecule has 0 saturated heterocycles. The summed E-state index contributed by atoms with van der Waals surface area (Å²) in [6.45, 7) is 7.45. The first-order chi connectivity index (χ1) is 17.0. The largest absolute Gasteiger partial charge is 0.495 e. The molecule has 0 aromatic heterocycles. The minimum absolute atomic E-state index is 0.0747. The van der Waals surface area contributed by atoms with Gasteiger partial charge in [-0.2, -0.15) is 5.10 Å². The van der Waals surface area contributed by atoms with E-state index in [-0.39, 0.29) is 16.0 Å². The molecule has 0 unspecified atom stereocenters. The van der Waals surface area contributed by atoms with Gasteiger partial charge in [-0.3, -0.25) is 9.10 Å². The number of aryl methyl sites for hydroxylation is 1. The molecule has 0 spiro atoms. The second kappa shape index (κ2) is 11.4. The number of carbonyl (C=O) groups excluding carboxylic acids is 1. The van der Waals surface area contributed by atoms with Crippen LogP contribution in [-0.2, 0) is 20.2 Å².